The Morgan fingerprint density at radius 3 is 1.68 bits per heavy atom. The Balaban J connectivity index is 1.80. The molecule has 1 atom stereocenters. The van der Waals surface area contributed by atoms with E-state index in [9.17, 15) is 0 Å². The fourth-order valence-electron chi connectivity index (χ4n) is 3.92. The summed E-state index contributed by atoms with van der Waals surface area (Å²) in [6.07, 6.45) is 3.13. The molecule has 2 nitrogen and oxygen atoms in total. The summed E-state index contributed by atoms with van der Waals surface area (Å²) in [6, 6.07) is 31.4. The van der Waals surface area contributed by atoms with E-state index in [1.165, 1.54) is 5.57 Å². The molecule has 0 radical (unpaired) electrons. The second-order valence-electron chi connectivity index (χ2n) is 7.30. The largest absolute Gasteiger partial charge is 0.371 e. The van der Waals surface area contributed by atoms with Crippen LogP contribution in [0.3, 0.4) is 0 Å². The zero-order valence-corrected chi connectivity index (χ0v) is 16.3. The lowest BCUT2D eigenvalue weighted by atomic mass is 9.80. The van der Waals surface area contributed by atoms with Crippen LogP contribution in [0.4, 0.5) is 0 Å². The minimum Gasteiger partial charge on any atom is -0.371 e. The van der Waals surface area contributed by atoms with Gasteiger partial charge in [-0.2, -0.15) is 0 Å². The van der Waals surface area contributed by atoms with Crippen molar-refractivity contribution in [2.75, 3.05) is 13.2 Å². The smallest absolute Gasteiger partial charge is 0.143 e. The molecule has 0 saturated carbocycles. The lowest BCUT2D eigenvalue weighted by Crippen LogP contribution is -2.37. The van der Waals surface area contributed by atoms with Gasteiger partial charge in [-0.05, 0) is 30.0 Å². The standard InChI is InChI=1S/C26H26O2/c1-21-17-18-27-25(19-21)20-28-26(22-11-5-2-6-12-22,23-13-7-3-8-14-23)24-15-9-4-10-16-24/h2-17,25H,18-20H2,1H3. The molecule has 4 rings (SSSR count). The molecule has 0 bridgehead atoms. The van der Waals surface area contributed by atoms with Crippen molar-refractivity contribution in [1.82, 2.24) is 0 Å². The summed E-state index contributed by atoms with van der Waals surface area (Å²) in [5.41, 5.74) is 4.05. The summed E-state index contributed by atoms with van der Waals surface area (Å²) in [5, 5.41) is 0. The first-order chi connectivity index (χ1) is 13.8. The fraction of sp³-hybridized carbons (Fsp3) is 0.231. The van der Waals surface area contributed by atoms with Gasteiger partial charge in [-0.15, -0.1) is 0 Å². The van der Waals surface area contributed by atoms with Gasteiger partial charge in [-0.25, -0.2) is 0 Å². The van der Waals surface area contributed by atoms with Crippen molar-refractivity contribution in [2.45, 2.75) is 25.0 Å². The quantitative estimate of drug-likeness (QED) is 0.407. The summed E-state index contributed by atoms with van der Waals surface area (Å²) < 4.78 is 12.8. The van der Waals surface area contributed by atoms with Gasteiger partial charge in [-0.3, -0.25) is 0 Å². The lowest BCUT2D eigenvalue weighted by Gasteiger charge is -2.37. The third-order valence-corrected chi connectivity index (χ3v) is 5.34. The van der Waals surface area contributed by atoms with Gasteiger partial charge in [0, 0.05) is 0 Å². The molecule has 0 N–H and O–H groups in total. The van der Waals surface area contributed by atoms with Crippen LogP contribution in [0.1, 0.15) is 30.0 Å². The van der Waals surface area contributed by atoms with E-state index >= 15 is 0 Å². The SMILES string of the molecule is CC1=CCOC(COC(c2ccccc2)(c2ccccc2)c2ccccc2)C1. The molecule has 0 fully saturated rings. The zero-order valence-electron chi connectivity index (χ0n) is 16.3. The predicted molar refractivity (Wildman–Crippen MR) is 113 cm³/mol. The Morgan fingerprint density at radius 2 is 1.25 bits per heavy atom. The van der Waals surface area contributed by atoms with Crippen LogP contribution >= 0.6 is 0 Å². The van der Waals surface area contributed by atoms with Gasteiger partial charge in [0.1, 0.15) is 5.60 Å². The first-order valence-electron chi connectivity index (χ1n) is 9.87. The molecule has 142 valence electrons. The third-order valence-electron chi connectivity index (χ3n) is 5.34. The summed E-state index contributed by atoms with van der Waals surface area (Å²) in [5.74, 6) is 0. The van der Waals surface area contributed by atoms with E-state index in [0.717, 1.165) is 23.1 Å². The van der Waals surface area contributed by atoms with Crippen LogP contribution in [0.2, 0.25) is 0 Å². The van der Waals surface area contributed by atoms with Gasteiger partial charge >= 0.3 is 0 Å². The Bertz CT molecular complexity index is 804. The first kappa shape index (κ1) is 18.7. The Labute approximate surface area is 167 Å². The molecule has 0 aliphatic carbocycles. The average molecular weight is 370 g/mol. The molecule has 1 unspecified atom stereocenters. The van der Waals surface area contributed by atoms with E-state index in [2.05, 4.69) is 85.8 Å². The maximum absolute atomic E-state index is 6.82. The van der Waals surface area contributed by atoms with E-state index in [1.807, 2.05) is 18.2 Å². The molecule has 0 aromatic heterocycles. The lowest BCUT2D eigenvalue weighted by molar-refractivity contribution is -0.0620. The van der Waals surface area contributed by atoms with Crippen molar-refractivity contribution in [3.05, 3.63) is 119 Å². The highest BCUT2D eigenvalue weighted by Gasteiger charge is 2.38. The van der Waals surface area contributed by atoms with Gasteiger partial charge < -0.3 is 9.47 Å². The molecule has 0 saturated heterocycles. The molecular weight excluding hydrogens is 344 g/mol. The third kappa shape index (κ3) is 3.80. The Kier molecular flexibility index (Phi) is 5.70. The molecule has 0 spiro atoms. The Hall–Kier alpha value is -2.68. The molecule has 28 heavy (non-hydrogen) atoms. The fourth-order valence-corrected chi connectivity index (χ4v) is 3.92. The second-order valence-corrected chi connectivity index (χ2v) is 7.30. The summed E-state index contributed by atoms with van der Waals surface area (Å²) >= 11 is 0. The first-order valence-corrected chi connectivity index (χ1v) is 9.87. The summed E-state index contributed by atoms with van der Waals surface area (Å²) in [7, 11) is 0. The molecule has 1 aliphatic heterocycles. The number of hydrogen-bond acceptors (Lipinski definition) is 2. The average Bonchev–Trinajstić information content (AvgIpc) is 2.77. The Morgan fingerprint density at radius 1 is 0.786 bits per heavy atom. The van der Waals surface area contributed by atoms with Crippen LogP contribution in [0.5, 0.6) is 0 Å². The maximum Gasteiger partial charge on any atom is 0.143 e. The van der Waals surface area contributed by atoms with Crippen LogP contribution < -0.4 is 0 Å². The van der Waals surface area contributed by atoms with Crippen LogP contribution in [0.15, 0.2) is 103 Å². The minimum atomic E-state index is -0.678. The number of benzene rings is 3. The molecule has 2 heteroatoms. The number of ether oxygens (including phenoxy) is 2. The van der Waals surface area contributed by atoms with Gasteiger partial charge in [0.05, 0.1) is 19.3 Å². The predicted octanol–water partition coefficient (Wildman–Crippen LogP) is 5.73. The van der Waals surface area contributed by atoms with Gasteiger partial charge in [-0.1, -0.05) is 103 Å². The van der Waals surface area contributed by atoms with E-state index in [1.54, 1.807) is 0 Å². The van der Waals surface area contributed by atoms with E-state index in [4.69, 9.17) is 9.47 Å². The zero-order chi connectivity index (χ0) is 19.2. The summed E-state index contributed by atoms with van der Waals surface area (Å²) in [6.45, 7) is 3.35. The van der Waals surface area contributed by atoms with Crippen molar-refractivity contribution in [3.63, 3.8) is 0 Å². The monoisotopic (exact) mass is 370 g/mol. The minimum absolute atomic E-state index is 0.0699. The van der Waals surface area contributed by atoms with Crippen LogP contribution in [-0.2, 0) is 15.1 Å². The summed E-state index contributed by atoms with van der Waals surface area (Å²) in [4.78, 5) is 0. The van der Waals surface area contributed by atoms with Crippen molar-refractivity contribution in [3.8, 4) is 0 Å². The van der Waals surface area contributed by atoms with Crippen molar-refractivity contribution < 1.29 is 9.47 Å². The van der Waals surface area contributed by atoms with Crippen molar-refractivity contribution in [1.29, 1.82) is 0 Å². The number of hydrogen-bond donors (Lipinski definition) is 0. The second kappa shape index (κ2) is 8.55. The molecule has 3 aromatic rings. The van der Waals surface area contributed by atoms with Gasteiger partial charge in [0.2, 0.25) is 0 Å². The highest BCUT2D eigenvalue weighted by Crippen LogP contribution is 2.40. The van der Waals surface area contributed by atoms with E-state index < -0.39 is 5.60 Å². The van der Waals surface area contributed by atoms with Crippen LogP contribution in [-0.4, -0.2) is 19.3 Å². The van der Waals surface area contributed by atoms with Crippen molar-refractivity contribution in [2.24, 2.45) is 0 Å². The van der Waals surface area contributed by atoms with Gasteiger partial charge in [0.25, 0.3) is 0 Å². The molecule has 1 heterocycles. The van der Waals surface area contributed by atoms with Gasteiger partial charge in [0.15, 0.2) is 0 Å². The number of rotatable bonds is 6. The highest BCUT2D eigenvalue weighted by atomic mass is 16.5. The topological polar surface area (TPSA) is 18.5 Å². The highest BCUT2D eigenvalue weighted by molar-refractivity contribution is 5.47. The molecular formula is C26H26O2. The maximum atomic E-state index is 6.82. The normalized spacial score (nSPS) is 17.2. The molecule has 3 aromatic carbocycles. The van der Waals surface area contributed by atoms with Crippen LogP contribution in [0, 0.1) is 0 Å². The molecule has 0 amide bonds. The van der Waals surface area contributed by atoms with Crippen molar-refractivity contribution >= 4 is 0 Å². The van der Waals surface area contributed by atoms with E-state index in [-0.39, 0.29) is 6.10 Å². The van der Waals surface area contributed by atoms with Crippen LogP contribution in [0.25, 0.3) is 0 Å². The molecule has 1 aliphatic rings. The van der Waals surface area contributed by atoms with E-state index in [0.29, 0.717) is 13.2 Å².